The minimum absolute atomic E-state index is 0.0737. The number of para-hydroxylation sites is 1. The maximum Gasteiger partial charge on any atom is 0.169 e. The highest BCUT2D eigenvalue weighted by molar-refractivity contribution is 5.33. The molecule has 2 atom stereocenters. The van der Waals surface area contributed by atoms with Crippen molar-refractivity contribution in [1.29, 1.82) is 0 Å². The van der Waals surface area contributed by atoms with Gasteiger partial charge < -0.3 is 19.5 Å². The quantitative estimate of drug-likeness (QED) is 0.502. The van der Waals surface area contributed by atoms with Gasteiger partial charge in [-0.3, -0.25) is 0 Å². The third-order valence-electron chi connectivity index (χ3n) is 5.30. The van der Waals surface area contributed by atoms with E-state index in [2.05, 4.69) is 53.8 Å². The predicted molar refractivity (Wildman–Crippen MR) is 119 cm³/mol. The van der Waals surface area contributed by atoms with E-state index in [0.29, 0.717) is 13.2 Å². The number of benzene rings is 3. The Balaban J connectivity index is 1.24. The molecule has 1 saturated heterocycles. The molecule has 1 heterocycles. The van der Waals surface area contributed by atoms with Gasteiger partial charge in [-0.2, -0.15) is 0 Å². The molecule has 3 aromatic carbocycles. The summed E-state index contributed by atoms with van der Waals surface area (Å²) >= 11 is 0. The smallest absolute Gasteiger partial charge is 0.169 e. The van der Waals surface area contributed by atoms with Gasteiger partial charge in [0.15, 0.2) is 6.29 Å². The number of hydrogen-bond donors (Lipinski definition) is 1. The van der Waals surface area contributed by atoms with E-state index in [1.54, 1.807) is 0 Å². The molecule has 30 heavy (non-hydrogen) atoms. The van der Waals surface area contributed by atoms with Gasteiger partial charge in [0, 0.05) is 6.54 Å². The Labute approximate surface area is 178 Å². The molecule has 0 bridgehead atoms. The van der Waals surface area contributed by atoms with E-state index in [9.17, 15) is 0 Å². The summed E-state index contributed by atoms with van der Waals surface area (Å²) in [6, 6.07) is 30.8. The summed E-state index contributed by atoms with van der Waals surface area (Å²) in [5.74, 6) is 0.979. The van der Waals surface area contributed by atoms with Crippen LogP contribution in [0.4, 0.5) is 0 Å². The topological polar surface area (TPSA) is 39.7 Å². The van der Waals surface area contributed by atoms with Gasteiger partial charge in [0.2, 0.25) is 0 Å². The highest BCUT2D eigenvalue weighted by Crippen LogP contribution is 2.34. The summed E-state index contributed by atoms with van der Waals surface area (Å²) in [6.45, 7) is 2.96. The molecular formula is C26H29NO3. The van der Waals surface area contributed by atoms with Gasteiger partial charge in [-0.25, -0.2) is 0 Å². The van der Waals surface area contributed by atoms with Crippen molar-refractivity contribution in [2.24, 2.45) is 0 Å². The molecule has 4 nitrogen and oxygen atoms in total. The normalized spacial score (nSPS) is 18.6. The van der Waals surface area contributed by atoms with Crippen molar-refractivity contribution in [3.63, 3.8) is 0 Å². The Morgan fingerprint density at radius 2 is 1.40 bits per heavy atom. The Kier molecular flexibility index (Phi) is 7.51. The second-order valence-electron chi connectivity index (χ2n) is 7.46. The van der Waals surface area contributed by atoms with E-state index in [4.69, 9.17) is 14.2 Å². The lowest BCUT2D eigenvalue weighted by molar-refractivity contribution is -0.0681. The lowest BCUT2D eigenvalue weighted by atomic mass is 9.91. The Hall–Kier alpha value is -2.66. The minimum atomic E-state index is -0.263. The van der Waals surface area contributed by atoms with Crippen molar-refractivity contribution in [3.05, 3.63) is 102 Å². The van der Waals surface area contributed by atoms with Gasteiger partial charge in [0.25, 0.3) is 0 Å². The average Bonchev–Trinajstić information content (AvgIpc) is 3.27. The first-order chi connectivity index (χ1) is 14.9. The van der Waals surface area contributed by atoms with Gasteiger partial charge in [-0.1, -0.05) is 78.9 Å². The molecule has 0 spiro atoms. The van der Waals surface area contributed by atoms with Crippen LogP contribution < -0.4 is 10.1 Å². The summed E-state index contributed by atoms with van der Waals surface area (Å²) in [7, 11) is 0. The SMILES string of the molecule is c1ccc(OCCNCC[C@@H]2CO[C@H](C(c3ccccc3)c3ccccc3)O2)cc1. The predicted octanol–water partition coefficient (Wildman–Crippen LogP) is 4.62. The second-order valence-corrected chi connectivity index (χ2v) is 7.46. The van der Waals surface area contributed by atoms with Crippen molar-refractivity contribution >= 4 is 0 Å². The van der Waals surface area contributed by atoms with Gasteiger partial charge in [-0.05, 0) is 36.2 Å². The summed E-state index contributed by atoms with van der Waals surface area (Å²) in [4.78, 5) is 0. The van der Waals surface area contributed by atoms with E-state index in [0.717, 1.165) is 25.3 Å². The molecule has 3 aromatic rings. The third kappa shape index (κ3) is 5.70. The molecule has 0 saturated carbocycles. The Bertz CT molecular complexity index is 818. The number of hydrogen-bond acceptors (Lipinski definition) is 4. The summed E-state index contributed by atoms with van der Waals surface area (Å²) < 4.78 is 18.1. The number of nitrogens with one attached hydrogen (secondary N) is 1. The highest BCUT2D eigenvalue weighted by atomic mass is 16.7. The Morgan fingerprint density at radius 1 is 0.800 bits per heavy atom. The molecule has 0 unspecified atom stereocenters. The van der Waals surface area contributed by atoms with Crippen LogP contribution in [0, 0.1) is 0 Å². The average molecular weight is 404 g/mol. The molecule has 4 rings (SSSR count). The third-order valence-corrected chi connectivity index (χ3v) is 5.30. The molecule has 1 N–H and O–H groups in total. The fourth-order valence-electron chi connectivity index (χ4n) is 3.77. The van der Waals surface area contributed by atoms with Crippen molar-refractivity contribution in [1.82, 2.24) is 5.32 Å². The second kappa shape index (κ2) is 10.9. The van der Waals surface area contributed by atoms with Crippen LogP contribution in [0.3, 0.4) is 0 Å². The molecule has 156 valence electrons. The van der Waals surface area contributed by atoms with Crippen molar-refractivity contribution < 1.29 is 14.2 Å². The first-order valence-corrected chi connectivity index (χ1v) is 10.7. The molecule has 0 aromatic heterocycles. The van der Waals surface area contributed by atoms with Gasteiger partial charge in [-0.15, -0.1) is 0 Å². The van der Waals surface area contributed by atoms with E-state index in [1.807, 2.05) is 42.5 Å². The molecule has 1 aliphatic heterocycles. The van der Waals surface area contributed by atoms with Crippen LogP contribution in [0.15, 0.2) is 91.0 Å². The van der Waals surface area contributed by atoms with Crippen molar-refractivity contribution in [2.45, 2.75) is 24.7 Å². The van der Waals surface area contributed by atoms with Crippen molar-refractivity contribution in [3.8, 4) is 5.75 Å². The fraction of sp³-hybridized carbons (Fsp3) is 0.308. The summed E-state index contributed by atoms with van der Waals surface area (Å²) in [5, 5.41) is 3.43. The largest absolute Gasteiger partial charge is 0.492 e. The van der Waals surface area contributed by atoms with E-state index in [1.165, 1.54) is 11.1 Å². The number of ether oxygens (including phenoxy) is 3. The number of rotatable bonds is 10. The molecule has 1 fully saturated rings. The standard InChI is InChI=1S/C26H29NO3/c1-4-10-21(11-5-1)25(22-12-6-2-7-13-22)26-29-20-24(30-26)16-17-27-18-19-28-23-14-8-3-9-15-23/h1-15,24-27H,16-20H2/t24-,26+/m1/s1. The van der Waals surface area contributed by atoms with Crippen molar-refractivity contribution in [2.75, 3.05) is 26.3 Å². The molecular weight excluding hydrogens is 374 g/mol. The van der Waals surface area contributed by atoms with E-state index < -0.39 is 0 Å². The van der Waals surface area contributed by atoms with Crippen LogP contribution in [0.1, 0.15) is 23.5 Å². The van der Waals surface area contributed by atoms with E-state index >= 15 is 0 Å². The van der Waals surface area contributed by atoms with Crippen LogP contribution in [0.2, 0.25) is 0 Å². The van der Waals surface area contributed by atoms with Crippen LogP contribution in [0.25, 0.3) is 0 Å². The first kappa shape index (κ1) is 20.6. The monoisotopic (exact) mass is 403 g/mol. The first-order valence-electron chi connectivity index (χ1n) is 10.7. The zero-order chi connectivity index (χ0) is 20.4. The van der Waals surface area contributed by atoms with Gasteiger partial charge in [0.1, 0.15) is 12.4 Å². The van der Waals surface area contributed by atoms with Crippen LogP contribution in [0.5, 0.6) is 5.75 Å². The molecule has 4 heteroatoms. The fourth-order valence-corrected chi connectivity index (χ4v) is 3.77. The lowest BCUT2D eigenvalue weighted by Crippen LogP contribution is -2.27. The molecule has 1 aliphatic rings. The molecule has 0 amide bonds. The molecule has 0 radical (unpaired) electrons. The van der Waals surface area contributed by atoms with Gasteiger partial charge in [0.05, 0.1) is 18.6 Å². The van der Waals surface area contributed by atoms with Crippen LogP contribution >= 0.6 is 0 Å². The molecule has 0 aliphatic carbocycles. The summed E-state index contributed by atoms with van der Waals surface area (Å²) in [5.41, 5.74) is 2.43. The van der Waals surface area contributed by atoms with Crippen LogP contribution in [-0.4, -0.2) is 38.7 Å². The van der Waals surface area contributed by atoms with E-state index in [-0.39, 0.29) is 18.3 Å². The lowest BCUT2D eigenvalue weighted by Gasteiger charge is -2.24. The zero-order valence-corrected chi connectivity index (χ0v) is 17.2. The Morgan fingerprint density at radius 3 is 2.03 bits per heavy atom. The van der Waals surface area contributed by atoms with Crippen LogP contribution in [-0.2, 0) is 9.47 Å². The van der Waals surface area contributed by atoms with Gasteiger partial charge >= 0.3 is 0 Å². The zero-order valence-electron chi connectivity index (χ0n) is 17.2. The minimum Gasteiger partial charge on any atom is -0.492 e. The maximum atomic E-state index is 6.31. The summed E-state index contributed by atoms with van der Waals surface area (Å²) in [6.07, 6.45) is 0.756. The highest BCUT2D eigenvalue weighted by Gasteiger charge is 2.34. The maximum absolute atomic E-state index is 6.31.